The summed E-state index contributed by atoms with van der Waals surface area (Å²) in [7, 11) is 0. The van der Waals surface area contributed by atoms with Gasteiger partial charge in [-0.1, -0.05) is 18.2 Å². The van der Waals surface area contributed by atoms with Crippen molar-refractivity contribution in [1.82, 2.24) is 15.5 Å². The largest absolute Gasteiger partial charge is 0.480 e. The van der Waals surface area contributed by atoms with Gasteiger partial charge in [-0.25, -0.2) is 14.4 Å². The second-order valence-corrected chi connectivity index (χ2v) is 9.23. The minimum absolute atomic E-state index is 0.0685. The summed E-state index contributed by atoms with van der Waals surface area (Å²) >= 11 is 1.23. The van der Waals surface area contributed by atoms with Gasteiger partial charge in [0.1, 0.15) is 35.5 Å². The molecule has 0 aromatic heterocycles. The van der Waals surface area contributed by atoms with Crippen LogP contribution in [-0.4, -0.2) is 80.7 Å². The Morgan fingerprint density at radius 1 is 1.16 bits per heavy atom. The van der Waals surface area contributed by atoms with Crippen LogP contribution < -0.4 is 15.4 Å². The van der Waals surface area contributed by atoms with E-state index in [1.807, 2.05) is 0 Å². The van der Waals surface area contributed by atoms with Crippen LogP contribution in [0.15, 0.2) is 41.6 Å². The third-order valence-electron chi connectivity index (χ3n) is 5.46. The van der Waals surface area contributed by atoms with Crippen LogP contribution in [0.5, 0.6) is 5.75 Å². The van der Waals surface area contributed by atoms with Crippen LogP contribution in [0, 0.1) is 0 Å². The third-order valence-corrected chi connectivity index (χ3v) is 6.80. The smallest absolute Gasteiger partial charge is 0.413 e. The molecule has 3 atom stereocenters. The van der Waals surface area contributed by atoms with Gasteiger partial charge in [0.05, 0.1) is 0 Å². The van der Waals surface area contributed by atoms with Gasteiger partial charge in [-0.15, -0.1) is 11.8 Å². The molecule has 3 rings (SSSR count). The fourth-order valence-electron chi connectivity index (χ4n) is 3.72. The summed E-state index contributed by atoms with van der Waals surface area (Å²) in [5.74, 6) is -3.94. The summed E-state index contributed by atoms with van der Waals surface area (Å²) in [5.41, 5.74) is 0.0124. The summed E-state index contributed by atoms with van der Waals surface area (Å²) in [6.07, 6.45) is -1.06. The molecule has 2 heterocycles. The highest BCUT2D eigenvalue weighted by molar-refractivity contribution is 8.00. The molecule has 1 unspecified atom stereocenters. The number of carboxylic acid groups (broad SMARTS) is 2. The van der Waals surface area contributed by atoms with Gasteiger partial charge in [0, 0.05) is 24.7 Å². The fourth-order valence-corrected chi connectivity index (χ4v) is 5.05. The van der Waals surface area contributed by atoms with E-state index in [2.05, 4.69) is 10.6 Å². The molecule has 1 saturated heterocycles. The molecule has 2 aliphatic rings. The van der Waals surface area contributed by atoms with Crippen molar-refractivity contribution in [3.8, 4) is 5.75 Å². The van der Waals surface area contributed by atoms with Crippen LogP contribution in [-0.2, 0) is 28.7 Å². The first-order valence-corrected chi connectivity index (χ1v) is 12.2. The number of carbonyl (C=O) groups excluding carboxylic acids is 4. The minimum atomic E-state index is -1.34. The third kappa shape index (κ3) is 7.00. The van der Waals surface area contributed by atoms with E-state index in [9.17, 15) is 39.0 Å². The highest BCUT2D eigenvalue weighted by atomic mass is 32.2. The lowest BCUT2D eigenvalue weighted by Crippen LogP contribution is -2.70. The van der Waals surface area contributed by atoms with Gasteiger partial charge < -0.3 is 30.3 Å². The van der Waals surface area contributed by atoms with E-state index in [4.69, 9.17) is 9.47 Å². The molecule has 198 valence electrons. The van der Waals surface area contributed by atoms with E-state index in [1.165, 1.54) is 30.8 Å². The number of aliphatic carboxylic acids is 2. The molecule has 0 spiro atoms. The Balaban J connectivity index is 1.49. The van der Waals surface area contributed by atoms with E-state index in [-0.39, 0.29) is 48.6 Å². The van der Waals surface area contributed by atoms with Gasteiger partial charge in [0.2, 0.25) is 5.91 Å². The molecule has 1 aromatic carbocycles. The topological polar surface area (TPSA) is 189 Å². The molecular weight excluding hydrogens is 510 g/mol. The lowest BCUT2D eigenvalue weighted by atomic mass is 10.0. The van der Waals surface area contributed by atoms with Crippen molar-refractivity contribution in [3.63, 3.8) is 0 Å². The average molecular weight is 536 g/mol. The normalized spacial score (nSPS) is 19.2. The van der Waals surface area contributed by atoms with Gasteiger partial charge in [0.15, 0.2) is 0 Å². The Hall–Kier alpha value is -4.07. The number of carbonyl (C=O) groups is 6. The number of fused-ring (bicyclic) bond motifs is 1. The van der Waals surface area contributed by atoms with Crippen LogP contribution in [0.1, 0.15) is 26.2 Å². The molecule has 0 saturated carbocycles. The first kappa shape index (κ1) is 27.5. The number of thioether (sulfide) groups is 1. The Kier molecular flexibility index (Phi) is 9.11. The second-order valence-electron chi connectivity index (χ2n) is 8.12. The van der Waals surface area contributed by atoms with Crippen molar-refractivity contribution >= 4 is 47.6 Å². The molecule has 4 N–H and O–H groups in total. The standard InChI is InChI=1S/C23H25N3O10S/c1-12(27)35-10-13-11-37-20-17(19(29)26(20)18(13)22(32)33)25-16(28)9-5-8-15(21(30)31)24-23(34)36-14-6-3-2-4-7-14/h2-4,6-7,15,17,20H,5,8-11H2,1H3,(H,24,34)(H,25,28)(H,30,31)(H,32,33)/t15-,17?,20-/m1/s1. The molecule has 37 heavy (non-hydrogen) atoms. The number of β-lactam (4-membered cyclic amide) rings is 1. The lowest BCUT2D eigenvalue weighted by Gasteiger charge is -2.49. The Morgan fingerprint density at radius 2 is 1.86 bits per heavy atom. The number of ether oxygens (including phenoxy) is 2. The summed E-state index contributed by atoms with van der Waals surface area (Å²) in [6.45, 7) is 0.931. The number of carboxylic acids is 2. The van der Waals surface area contributed by atoms with Crippen LogP contribution >= 0.6 is 11.8 Å². The molecule has 0 aliphatic carbocycles. The summed E-state index contributed by atoms with van der Waals surface area (Å²) < 4.78 is 9.89. The van der Waals surface area contributed by atoms with E-state index in [1.54, 1.807) is 18.2 Å². The second kappa shape index (κ2) is 12.3. The Bertz CT molecular complexity index is 1120. The molecule has 13 nitrogen and oxygen atoms in total. The van der Waals surface area contributed by atoms with Crippen LogP contribution in [0.3, 0.4) is 0 Å². The highest BCUT2D eigenvalue weighted by Gasteiger charge is 2.54. The number of hydrogen-bond acceptors (Lipinski definition) is 9. The number of para-hydroxylation sites is 1. The fraction of sp³-hybridized carbons (Fsp3) is 0.391. The summed E-state index contributed by atoms with van der Waals surface area (Å²) in [6, 6.07) is 5.84. The molecule has 1 fully saturated rings. The minimum Gasteiger partial charge on any atom is -0.480 e. The molecular formula is C23H25N3O10S. The molecule has 0 bridgehead atoms. The zero-order chi connectivity index (χ0) is 27.1. The predicted molar refractivity (Wildman–Crippen MR) is 127 cm³/mol. The molecule has 1 aromatic rings. The highest BCUT2D eigenvalue weighted by Crippen LogP contribution is 2.40. The van der Waals surface area contributed by atoms with Gasteiger partial charge in [-0.2, -0.15) is 0 Å². The van der Waals surface area contributed by atoms with Crippen LogP contribution in [0.4, 0.5) is 4.79 Å². The Labute approximate surface area is 215 Å². The zero-order valence-corrected chi connectivity index (χ0v) is 20.5. The summed E-state index contributed by atoms with van der Waals surface area (Å²) in [5, 5.41) is 23.1. The van der Waals surface area contributed by atoms with Gasteiger partial charge in [-0.3, -0.25) is 19.3 Å². The molecule has 0 radical (unpaired) electrons. The van der Waals surface area contributed by atoms with Gasteiger partial charge in [0.25, 0.3) is 5.91 Å². The van der Waals surface area contributed by atoms with E-state index in [0.717, 1.165) is 4.90 Å². The molecule has 14 heteroatoms. The Morgan fingerprint density at radius 3 is 2.49 bits per heavy atom. The number of benzene rings is 1. The average Bonchev–Trinajstić information content (AvgIpc) is 2.85. The van der Waals surface area contributed by atoms with Crippen molar-refractivity contribution in [3.05, 3.63) is 41.6 Å². The van der Waals surface area contributed by atoms with Crippen molar-refractivity contribution in [2.24, 2.45) is 0 Å². The van der Waals surface area contributed by atoms with E-state index >= 15 is 0 Å². The number of amides is 3. The lowest BCUT2D eigenvalue weighted by molar-refractivity contribution is -0.151. The van der Waals surface area contributed by atoms with Crippen LogP contribution in [0.25, 0.3) is 0 Å². The van der Waals surface area contributed by atoms with Crippen LogP contribution in [0.2, 0.25) is 0 Å². The van der Waals surface area contributed by atoms with Crippen molar-refractivity contribution in [2.75, 3.05) is 12.4 Å². The van der Waals surface area contributed by atoms with Crippen molar-refractivity contribution in [1.29, 1.82) is 0 Å². The predicted octanol–water partition coefficient (Wildman–Crippen LogP) is 0.700. The quantitative estimate of drug-likeness (QED) is 0.231. The van der Waals surface area contributed by atoms with Gasteiger partial charge >= 0.3 is 24.0 Å². The van der Waals surface area contributed by atoms with E-state index < -0.39 is 53.3 Å². The molecule has 3 amide bonds. The summed E-state index contributed by atoms with van der Waals surface area (Å²) in [4.78, 5) is 72.3. The maximum Gasteiger partial charge on any atom is 0.413 e. The van der Waals surface area contributed by atoms with Crippen molar-refractivity contribution in [2.45, 2.75) is 43.6 Å². The number of esters is 1. The number of nitrogens with one attached hydrogen (secondary N) is 2. The SMILES string of the molecule is CC(=O)OCC1=C(C(=O)O)N2C(=O)C(NC(=O)CCC[C@@H](NC(=O)Oc3ccccc3)C(=O)O)[C@H]2SC1. The maximum absolute atomic E-state index is 12.6. The maximum atomic E-state index is 12.6. The number of nitrogens with zero attached hydrogens (tertiary/aromatic N) is 1. The van der Waals surface area contributed by atoms with Gasteiger partial charge in [-0.05, 0) is 25.0 Å². The first-order chi connectivity index (χ1) is 17.6. The molecule has 2 aliphatic heterocycles. The monoisotopic (exact) mass is 535 g/mol. The van der Waals surface area contributed by atoms with Crippen molar-refractivity contribution < 1.29 is 48.5 Å². The number of rotatable bonds is 11. The zero-order valence-electron chi connectivity index (χ0n) is 19.7. The first-order valence-electron chi connectivity index (χ1n) is 11.2. The number of hydrogen-bond donors (Lipinski definition) is 4. The van der Waals surface area contributed by atoms with E-state index in [0.29, 0.717) is 0 Å².